The highest BCUT2D eigenvalue weighted by molar-refractivity contribution is 7.80. The van der Waals surface area contributed by atoms with Crippen molar-refractivity contribution in [1.82, 2.24) is 0 Å². The average molecular weight is 254 g/mol. The van der Waals surface area contributed by atoms with Gasteiger partial charge in [0.15, 0.2) is 17.3 Å². The summed E-state index contributed by atoms with van der Waals surface area (Å²) in [4.78, 5) is 22.5. The Morgan fingerprint density at radius 2 is 2.00 bits per heavy atom. The topological polar surface area (TPSA) is 52.6 Å². The van der Waals surface area contributed by atoms with Crippen LogP contribution >= 0.6 is 12.6 Å². The Labute approximate surface area is 105 Å². The first-order valence-electron chi connectivity index (χ1n) is 5.09. The molecule has 92 valence electrons. The first-order chi connectivity index (χ1) is 8.08. The second-order valence-corrected chi connectivity index (χ2v) is 3.80. The van der Waals surface area contributed by atoms with Crippen LogP contribution in [0.15, 0.2) is 18.2 Å². The minimum atomic E-state index is -0.433. The van der Waals surface area contributed by atoms with Crippen LogP contribution in [0, 0.1) is 0 Å². The average Bonchev–Trinajstić information content (AvgIpc) is 2.29. The van der Waals surface area contributed by atoms with E-state index in [9.17, 15) is 9.59 Å². The van der Waals surface area contributed by atoms with Gasteiger partial charge in [-0.1, -0.05) is 0 Å². The largest absolute Gasteiger partial charge is 0.493 e. The second kappa shape index (κ2) is 6.30. The van der Waals surface area contributed by atoms with Crippen LogP contribution in [0.25, 0.3) is 0 Å². The van der Waals surface area contributed by atoms with Gasteiger partial charge in [0.05, 0.1) is 7.11 Å². The summed E-state index contributed by atoms with van der Waals surface area (Å²) in [6.07, 6.45) is 0.360. The lowest BCUT2D eigenvalue weighted by molar-refractivity contribution is -0.132. The molecule has 0 fully saturated rings. The highest BCUT2D eigenvalue weighted by atomic mass is 32.1. The number of hydrogen-bond donors (Lipinski definition) is 1. The third-order valence-electron chi connectivity index (χ3n) is 2.08. The fourth-order valence-corrected chi connectivity index (χ4v) is 1.53. The molecular weight excluding hydrogens is 240 g/mol. The van der Waals surface area contributed by atoms with Crippen molar-refractivity contribution in [3.05, 3.63) is 23.8 Å². The standard InChI is InChI=1S/C12H14O4S/c1-8(13)16-11-4-3-9(7-12(11)15-2)10(14)5-6-17/h3-4,7,17H,5-6H2,1-2H3. The van der Waals surface area contributed by atoms with Crippen LogP contribution in [0.1, 0.15) is 23.7 Å². The number of Topliss-reactive ketones (excluding diaryl/α,β-unsaturated/α-hetero) is 1. The van der Waals surface area contributed by atoms with E-state index in [1.165, 1.54) is 14.0 Å². The van der Waals surface area contributed by atoms with Gasteiger partial charge in [-0.2, -0.15) is 12.6 Å². The van der Waals surface area contributed by atoms with Gasteiger partial charge in [0.25, 0.3) is 0 Å². The van der Waals surface area contributed by atoms with Crippen molar-refractivity contribution >= 4 is 24.4 Å². The number of ketones is 1. The molecule has 0 aliphatic heterocycles. The number of ether oxygens (including phenoxy) is 2. The van der Waals surface area contributed by atoms with Crippen LogP contribution in [-0.4, -0.2) is 24.6 Å². The van der Waals surface area contributed by atoms with E-state index in [1.54, 1.807) is 18.2 Å². The molecule has 0 amide bonds. The van der Waals surface area contributed by atoms with E-state index in [4.69, 9.17) is 9.47 Å². The Morgan fingerprint density at radius 3 is 2.53 bits per heavy atom. The molecule has 4 nitrogen and oxygen atoms in total. The number of esters is 1. The maximum absolute atomic E-state index is 11.6. The first-order valence-corrected chi connectivity index (χ1v) is 5.72. The van der Waals surface area contributed by atoms with Crippen molar-refractivity contribution in [2.75, 3.05) is 12.9 Å². The van der Waals surface area contributed by atoms with E-state index >= 15 is 0 Å². The van der Waals surface area contributed by atoms with E-state index in [1.807, 2.05) is 0 Å². The molecule has 0 unspecified atom stereocenters. The van der Waals surface area contributed by atoms with Crippen LogP contribution in [0.2, 0.25) is 0 Å². The lowest BCUT2D eigenvalue weighted by Gasteiger charge is -2.09. The van der Waals surface area contributed by atoms with Gasteiger partial charge < -0.3 is 9.47 Å². The van der Waals surface area contributed by atoms with Crippen molar-refractivity contribution < 1.29 is 19.1 Å². The minimum absolute atomic E-state index is 0.0207. The molecule has 0 saturated carbocycles. The fraction of sp³-hybridized carbons (Fsp3) is 0.333. The maximum atomic E-state index is 11.6. The predicted molar refractivity (Wildman–Crippen MR) is 67.1 cm³/mol. The molecular formula is C12H14O4S. The molecule has 0 atom stereocenters. The number of thiol groups is 1. The van der Waals surface area contributed by atoms with Crippen LogP contribution in [0.3, 0.4) is 0 Å². The second-order valence-electron chi connectivity index (χ2n) is 3.36. The van der Waals surface area contributed by atoms with Crippen LogP contribution in [0.4, 0.5) is 0 Å². The molecule has 1 aromatic carbocycles. The summed E-state index contributed by atoms with van der Waals surface area (Å²) < 4.78 is 10.0. The van der Waals surface area contributed by atoms with Gasteiger partial charge in [-0.05, 0) is 24.0 Å². The maximum Gasteiger partial charge on any atom is 0.308 e. The smallest absolute Gasteiger partial charge is 0.308 e. The zero-order valence-corrected chi connectivity index (χ0v) is 10.6. The number of methoxy groups -OCH3 is 1. The van der Waals surface area contributed by atoms with Gasteiger partial charge in [0.1, 0.15) is 0 Å². The van der Waals surface area contributed by atoms with Crippen molar-refractivity contribution in [3.63, 3.8) is 0 Å². The molecule has 0 radical (unpaired) electrons. The predicted octanol–water partition coefficient (Wildman–Crippen LogP) is 2.12. The molecule has 0 heterocycles. The summed E-state index contributed by atoms with van der Waals surface area (Å²) in [6, 6.07) is 4.71. The zero-order valence-electron chi connectivity index (χ0n) is 9.73. The summed E-state index contributed by atoms with van der Waals surface area (Å²) in [7, 11) is 1.45. The van der Waals surface area contributed by atoms with Gasteiger partial charge in [-0.15, -0.1) is 0 Å². The Hall–Kier alpha value is -1.49. The highest BCUT2D eigenvalue weighted by Gasteiger charge is 2.11. The monoisotopic (exact) mass is 254 g/mol. The van der Waals surface area contributed by atoms with E-state index in [0.717, 1.165) is 0 Å². The third kappa shape index (κ3) is 3.78. The van der Waals surface area contributed by atoms with Gasteiger partial charge in [-0.25, -0.2) is 0 Å². The SMILES string of the molecule is COc1cc(C(=O)CCS)ccc1OC(C)=O. The van der Waals surface area contributed by atoms with E-state index in [0.29, 0.717) is 29.2 Å². The summed E-state index contributed by atoms with van der Waals surface area (Å²) in [6.45, 7) is 1.30. The zero-order chi connectivity index (χ0) is 12.8. The number of benzene rings is 1. The highest BCUT2D eigenvalue weighted by Crippen LogP contribution is 2.28. The van der Waals surface area contributed by atoms with Crippen LogP contribution in [-0.2, 0) is 4.79 Å². The van der Waals surface area contributed by atoms with Gasteiger partial charge in [0, 0.05) is 18.9 Å². The molecule has 0 bridgehead atoms. The number of carbonyl (C=O) groups is 2. The van der Waals surface area contributed by atoms with Gasteiger partial charge >= 0.3 is 5.97 Å². The Morgan fingerprint density at radius 1 is 1.29 bits per heavy atom. The Balaban J connectivity index is 2.99. The minimum Gasteiger partial charge on any atom is -0.493 e. The molecule has 0 aromatic heterocycles. The number of hydrogen-bond acceptors (Lipinski definition) is 5. The van der Waals surface area contributed by atoms with Crippen molar-refractivity contribution in [3.8, 4) is 11.5 Å². The summed E-state index contributed by atoms with van der Waals surface area (Å²) in [5.74, 6) is 0.713. The first kappa shape index (κ1) is 13.6. The summed E-state index contributed by atoms with van der Waals surface area (Å²) in [5.41, 5.74) is 0.520. The number of rotatable bonds is 5. The summed E-state index contributed by atoms with van der Waals surface area (Å²) >= 11 is 4.00. The third-order valence-corrected chi connectivity index (χ3v) is 2.30. The Bertz CT molecular complexity index is 429. The molecule has 0 saturated heterocycles. The quantitative estimate of drug-likeness (QED) is 0.378. The normalized spacial score (nSPS) is 9.82. The van der Waals surface area contributed by atoms with Crippen LogP contribution in [0.5, 0.6) is 11.5 Å². The molecule has 5 heteroatoms. The van der Waals surface area contributed by atoms with Crippen molar-refractivity contribution in [2.24, 2.45) is 0 Å². The molecule has 17 heavy (non-hydrogen) atoms. The Kier molecular flexibility index (Phi) is 5.03. The molecule has 0 aliphatic rings. The van der Waals surface area contributed by atoms with Crippen LogP contribution < -0.4 is 9.47 Å². The van der Waals surface area contributed by atoms with E-state index in [2.05, 4.69) is 12.6 Å². The van der Waals surface area contributed by atoms with Crippen molar-refractivity contribution in [1.29, 1.82) is 0 Å². The van der Waals surface area contributed by atoms with E-state index in [-0.39, 0.29) is 5.78 Å². The molecule has 1 aromatic rings. The fourth-order valence-electron chi connectivity index (χ4n) is 1.33. The lowest BCUT2D eigenvalue weighted by Crippen LogP contribution is -2.05. The molecule has 0 aliphatic carbocycles. The number of carbonyl (C=O) groups excluding carboxylic acids is 2. The molecule has 1 rings (SSSR count). The van der Waals surface area contributed by atoms with Gasteiger partial charge in [0.2, 0.25) is 0 Å². The van der Waals surface area contributed by atoms with Crippen molar-refractivity contribution in [2.45, 2.75) is 13.3 Å². The lowest BCUT2D eigenvalue weighted by atomic mass is 10.1. The van der Waals surface area contributed by atoms with E-state index < -0.39 is 5.97 Å². The molecule has 0 spiro atoms. The van der Waals surface area contributed by atoms with Gasteiger partial charge in [-0.3, -0.25) is 9.59 Å². The summed E-state index contributed by atoms with van der Waals surface area (Å²) in [5, 5.41) is 0. The molecule has 0 N–H and O–H groups in total.